The summed E-state index contributed by atoms with van der Waals surface area (Å²) in [5, 5.41) is 3.90. The van der Waals surface area contributed by atoms with Crippen LogP contribution in [0.5, 0.6) is 0 Å². The number of nitrogens with one attached hydrogen (secondary N) is 2. The van der Waals surface area contributed by atoms with Gasteiger partial charge in [0.25, 0.3) is 11.5 Å². The van der Waals surface area contributed by atoms with Gasteiger partial charge in [-0.2, -0.15) is 0 Å². The van der Waals surface area contributed by atoms with Gasteiger partial charge in [0.1, 0.15) is 0 Å². The maximum absolute atomic E-state index is 12.2. The minimum absolute atomic E-state index is 0.0952. The van der Waals surface area contributed by atoms with Crippen LogP contribution in [0.3, 0.4) is 0 Å². The topological polar surface area (TPSA) is 62.0 Å². The van der Waals surface area contributed by atoms with Gasteiger partial charge in [0, 0.05) is 17.7 Å². The van der Waals surface area contributed by atoms with Crippen molar-refractivity contribution in [2.45, 2.75) is 27.2 Å². The highest BCUT2D eigenvalue weighted by molar-refractivity contribution is 5.94. The summed E-state index contributed by atoms with van der Waals surface area (Å²) in [6.45, 7) is 6.40. The number of aromatic nitrogens is 1. The van der Waals surface area contributed by atoms with Gasteiger partial charge < -0.3 is 10.3 Å². The zero-order valence-corrected chi connectivity index (χ0v) is 14.8. The van der Waals surface area contributed by atoms with E-state index in [4.69, 9.17) is 0 Å². The van der Waals surface area contributed by atoms with Crippen molar-refractivity contribution in [1.29, 1.82) is 0 Å². The maximum atomic E-state index is 12.2. The van der Waals surface area contributed by atoms with Crippen LogP contribution < -0.4 is 10.9 Å². The lowest BCUT2D eigenvalue weighted by Crippen LogP contribution is -2.27. The van der Waals surface area contributed by atoms with Crippen molar-refractivity contribution in [1.82, 2.24) is 10.3 Å². The Bertz CT molecular complexity index is 1000. The number of aromatic amines is 1. The third-order valence-electron chi connectivity index (χ3n) is 4.61. The largest absolute Gasteiger partial charge is 0.352 e. The second kappa shape index (κ2) is 6.93. The molecule has 0 unspecified atom stereocenters. The van der Waals surface area contributed by atoms with E-state index in [1.54, 1.807) is 0 Å². The van der Waals surface area contributed by atoms with Gasteiger partial charge in [0.15, 0.2) is 0 Å². The molecule has 0 bridgehead atoms. The van der Waals surface area contributed by atoms with E-state index < -0.39 is 0 Å². The molecular formula is C21H22N2O2. The predicted octanol–water partition coefficient (Wildman–Crippen LogP) is 3.43. The zero-order chi connectivity index (χ0) is 18.0. The minimum Gasteiger partial charge on any atom is -0.352 e. The zero-order valence-electron chi connectivity index (χ0n) is 14.8. The van der Waals surface area contributed by atoms with Crippen molar-refractivity contribution in [2.75, 3.05) is 6.54 Å². The van der Waals surface area contributed by atoms with Gasteiger partial charge >= 0.3 is 0 Å². The molecule has 4 heteroatoms. The van der Waals surface area contributed by atoms with E-state index in [2.05, 4.69) is 10.3 Å². The highest BCUT2D eigenvalue weighted by Gasteiger charge is 2.08. The molecule has 0 radical (unpaired) electrons. The van der Waals surface area contributed by atoms with Crippen LogP contribution in [0.4, 0.5) is 0 Å². The van der Waals surface area contributed by atoms with Crippen molar-refractivity contribution in [3.63, 3.8) is 0 Å². The predicted molar refractivity (Wildman–Crippen MR) is 101 cm³/mol. The van der Waals surface area contributed by atoms with Crippen LogP contribution in [-0.4, -0.2) is 17.4 Å². The first kappa shape index (κ1) is 17.0. The van der Waals surface area contributed by atoms with Crippen LogP contribution in [0.15, 0.2) is 47.3 Å². The molecule has 3 aromatic rings. The Morgan fingerprint density at radius 2 is 1.80 bits per heavy atom. The number of carbonyl (C=O) groups is 1. The number of carbonyl (C=O) groups excluding carboxylic acids is 1. The lowest BCUT2D eigenvalue weighted by atomic mass is 10.1. The molecule has 0 aliphatic heterocycles. The first-order valence-corrected chi connectivity index (χ1v) is 8.42. The summed E-state index contributed by atoms with van der Waals surface area (Å²) < 4.78 is 0. The van der Waals surface area contributed by atoms with Crippen LogP contribution in [0.25, 0.3) is 10.9 Å². The summed E-state index contributed by atoms with van der Waals surface area (Å²) in [4.78, 5) is 27.4. The van der Waals surface area contributed by atoms with Crippen molar-refractivity contribution in [2.24, 2.45) is 0 Å². The Labute approximate surface area is 146 Å². The Hall–Kier alpha value is -2.88. The third kappa shape index (κ3) is 3.63. The molecule has 4 nitrogen and oxygen atoms in total. The SMILES string of the molecule is Cc1ccc(C(=O)NCCc2cc3cccc(C)c3[nH]c2=O)cc1C. The first-order chi connectivity index (χ1) is 12.0. The molecule has 2 N–H and O–H groups in total. The highest BCUT2D eigenvalue weighted by atomic mass is 16.1. The fraction of sp³-hybridized carbons (Fsp3) is 0.238. The Morgan fingerprint density at radius 3 is 2.56 bits per heavy atom. The maximum Gasteiger partial charge on any atom is 0.251 e. The normalized spacial score (nSPS) is 10.8. The van der Waals surface area contributed by atoms with Crippen LogP contribution in [-0.2, 0) is 6.42 Å². The number of hydrogen-bond acceptors (Lipinski definition) is 2. The van der Waals surface area contributed by atoms with Crippen LogP contribution in [0.2, 0.25) is 0 Å². The average Bonchev–Trinajstić information content (AvgIpc) is 2.58. The standard InChI is InChI=1S/C21H22N2O2/c1-13-7-8-17(11-15(13)3)20(24)22-10-9-18-12-16-6-4-5-14(2)19(16)23-21(18)25/h4-8,11-12H,9-10H2,1-3H3,(H,22,24)(H,23,25). The summed E-state index contributed by atoms with van der Waals surface area (Å²) >= 11 is 0. The number of aryl methyl sites for hydroxylation is 3. The Balaban J connectivity index is 1.70. The van der Waals surface area contributed by atoms with Gasteiger partial charge in [-0.1, -0.05) is 24.3 Å². The second-order valence-corrected chi connectivity index (χ2v) is 6.47. The highest BCUT2D eigenvalue weighted by Crippen LogP contribution is 2.15. The molecule has 0 aliphatic carbocycles. The van der Waals surface area contributed by atoms with E-state index in [0.717, 1.165) is 27.6 Å². The van der Waals surface area contributed by atoms with Gasteiger partial charge in [0.2, 0.25) is 0 Å². The molecule has 1 heterocycles. The second-order valence-electron chi connectivity index (χ2n) is 6.47. The number of para-hydroxylation sites is 1. The fourth-order valence-corrected chi connectivity index (χ4v) is 2.91. The molecule has 0 atom stereocenters. The molecule has 1 aromatic heterocycles. The number of benzene rings is 2. The van der Waals surface area contributed by atoms with Crippen LogP contribution >= 0.6 is 0 Å². The third-order valence-corrected chi connectivity index (χ3v) is 4.61. The van der Waals surface area contributed by atoms with Crippen molar-refractivity contribution >= 4 is 16.8 Å². The van der Waals surface area contributed by atoms with E-state index in [0.29, 0.717) is 24.1 Å². The van der Waals surface area contributed by atoms with Gasteiger partial charge in [-0.05, 0) is 67.5 Å². The quantitative estimate of drug-likeness (QED) is 0.768. The first-order valence-electron chi connectivity index (χ1n) is 8.42. The lowest BCUT2D eigenvalue weighted by molar-refractivity contribution is 0.0954. The monoisotopic (exact) mass is 334 g/mol. The van der Waals surface area contributed by atoms with E-state index in [1.807, 2.05) is 63.2 Å². The summed E-state index contributed by atoms with van der Waals surface area (Å²) in [5.41, 5.74) is 5.40. The molecule has 1 amide bonds. The van der Waals surface area contributed by atoms with Gasteiger partial charge in [-0.15, -0.1) is 0 Å². The molecule has 2 aromatic carbocycles. The number of H-pyrrole nitrogens is 1. The molecule has 0 fully saturated rings. The van der Waals surface area contributed by atoms with Crippen LogP contribution in [0, 0.1) is 20.8 Å². The molecule has 0 spiro atoms. The molecule has 0 aliphatic rings. The molecule has 0 saturated heterocycles. The van der Waals surface area contributed by atoms with E-state index >= 15 is 0 Å². The summed E-state index contributed by atoms with van der Waals surface area (Å²) in [6, 6.07) is 13.5. The number of hydrogen-bond donors (Lipinski definition) is 2. The van der Waals surface area contributed by atoms with E-state index in [9.17, 15) is 9.59 Å². The molecule has 0 saturated carbocycles. The fourth-order valence-electron chi connectivity index (χ4n) is 2.91. The number of pyridine rings is 1. The summed E-state index contributed by atoms with van der Waals surface area (Å²) in [5.74, 6) is -0.115. The Kier molecular flexibility index (Phi) is 4.70. The minimum atomic E-state index is -0.115. The van der Waals surface area contributed by atoms with E-state index in [-0.39, 0.29) is 11.5 Å². The van der Waals surface area contributed by atoms with Gasteiger partial charge in [-0.3, -0.25) is 9.59 Å². The molecule has 128 valence electrons. The molecular weight excluding hydrogens is 312 g/mol. The van der Waals surface area contributed by atoms with Gasteiger partial charge in [-0.25, -0.2) is 0 Å². The summed E-state index contributed by atoms with van der Waals surface area (Å²) in [6.07, 6.45) is 0.496. The van der Waals surface area contributed by atoms with Gasteiger partial charge in [0.05, 0.1) is 5.52 Å². The van der Waals surface area contributed by atoms with E-state index in [1.165, 1.54) is 0 Å². The Morgan fingerprint density at radius 1 is 1.00 bits per heavy atom. The number of fused-ring (bicyclic) bond motifs is 1. The average molecular weight is 334 g/mol. The molecule has 25 heavy (non-hydrogen) atoms. The number of rotatable bonds is 4. The van der Waals surface area contributed by atoms with Crippen LogP contribution in [0.1, 0.15) is 32.6 Å². The van der Waals surface area contributed by atoms with Crippen molar-refractivity contribution in [3.05, 3.63) is 80.6 Å². The number of amides is 1. The smallest absolute Gasteiger partial charge is 0.251 e. The summed E-state index contributed by atoms with van der Waals surface area (Å²) in [7, 11) is 0. The van der Waals surface area contributed by atoms with Crippen molar-refractivity contribution < 1.29 is 4.79 Å². The van der Waals surface area contributed by atoms with Crippen molar-refractivity contribution in [3.8, 4) is 0 Å². The lowest BCUT2D eigenvalue weighted by Gasteiger charge is -2.08. The molecule has 3 rings (SSSR count).